The lowest BCUT2D eigenvalue weighted by Crippen LogP contribution is -2.32. The monoisotopic (exact) mass is 225 g/mol. The van der Waals surface area contributed by atoms with Crippen LogP contribution in [-0.2, 0) is 4.79 Å². The van der Waals surface area contributed by atoms with Gasteiger partial charge in [0.1, 0.15) is 6.04 Å². The molecule has 1 aliphatic rings. The van der Waals surface area contributed by atoms with Gasteiger partial charge < -0.3 is 25.0 Å². The van der Waals surface area contributed by atoms with Crippen LogP contribution in [0.4, 0.5) is 5.69 Å². The number of aliphatic carboxylic acids is 1. The van der Waals surface area contributed by atoms with Crippen molar-refractivity contribution in [2.45, 2.75) is 6.04 Å². The van der Waals surface area contributed by atoms with Gasteiger partial charge in [-0.05, 0) is 12.1 Å². The van der Waals surface area contributed by atoms with Gasteiger partial charge in [-0.3, -0.25) is 0 Å². The summed E-state index contributed by atoms with van der Waals surface area (Å²) in [5, 5.41) is 20.4. The van der Waals surface area contributed by atoms with Gasteiger partial charge in [-0.25, -0.2) is 4.79 Å². The first-order chi connectivity index (χ1) is 7.72. The molecule has 3 N–H and O–H groups in total. The molecule has 6 nitrogen and oxygen atoms in total. The maximum atomic E-state index is 10.7. The molecule has 0 amide bonds. The first-order valence-corrected chi connectivity index (χ1v) is 4.71. The summed E-state index contributed by atoms with van der Waals surface area (Å²) in [6.45, 7) is -0.384. The number of anilines is 1. The number of hydrogen-bond acceptors (Lipinski definition) is 5. The van der Waals surface area contributed by atoms with E-state index in [0.717, 1.165) is 0 Å². The second-order valence-electron chi connectivity index (χ2n) is 3.26. The van der Waals surface area contributed by atoms with Gasteiger partial charge in [-0.1, -0.05) is 6.07 Å². The third-order valence-corrected chi connectivity index (χ3v) is 2.21. The van der Waals surface area contributed by atoms with Gasteiger partial charge in [0.25, 0.3) is 0 Å². The van der Waals surface area contributed by atoms with E-state index < -0.39 is 18.6 Å². The Morgan fingerprint density at radius 1 is 1.50 bits per heavy atom. The molecule has 2 rings (SSSR count). The Hall–Kier alpha value is -1.95. The van der Waals surface area contributed by atoms with Crippen molar-refractivity contribution in [3.63, 3.8) is 0 Å². The van der Waals surface area contributed by atoms with Gasteiger partial charge in [0, 0.05) is 0 Å². The molecule has 1 aliphatic heterocycles. The zero-order valence-electron chi connectivity index (χ0n) is 8.34. The van der Waals surface area contributed by atoms with E-state index in [2.05, 4.69) is 5.32 Å². The lowest BCUT2D eigenvalue weighted by molar-refractivity contribution is -0.138. The number of para-hydroxylation sites is 1. The Morgan fingerprint density at radius 3 is 3.00 bits per heavy atom. The molecule has 16 heavy (non-hydrogen) atoms. The minimum Gasteiger partial charge on any atom is -0.480 e. The number of carbonyl (C=O) groups is 1. The maximum absolute atomic E-state index is 10.7. The van der Waals surface area contributed by atoms with Crippen LogP contribution in [0, 0.1) is 0 Å². The molecule has 1 heterocycles. The van der Waals surface area contributed by atoms with Crippen molar-refractivity contribution in [1.82, 2.24) is 0 Å². The van der Waals surface area contributed by atoms with E-state index >= 15 is 0 Å². The van der Waals surface area contributed by atoms with Crippen LogP contribution in [0.2, 0.25) is 0 Å². The Morgan fingerprint density at radius 2 is 2.31 bits per heavy atom. The number of aliphatic hydroxyl groups is 1. The van der Waals surface area contributed by atoms with Gasteiger partial charge in [-0.15, -0.1) is 0 Å². The summed E-state index contributed by atoms with van der Waals surface area (Å²) in [7, 11) is 0. The van der Waals surface area contributed by atoms with Gasteiger partial charge in [0.05, 0.1) is 12.3 Å². The van der Waals surface area contributed by atoms with Crippen LogP contribution in [0.25, 0.3) is 0 Å². The van der Waals surface area contributed by atoms with Gasteiger partial charge >= 0.3 is 5.97 Å². The molecule has 0 aromatic heterocycles. The van der Waals surface area contributed by atoms with E-state index in [4.69, 9.17) is 19.7 Å². The number of benzene rings is 1. The zero-order valence-corrected chi connectivity index (χ0v) is 8.34. The lowest BCUT2D eigenvalue weighted by atomic mass is 10.2. The molecule has 1 atom stereocenters. The fraction of sp³-hybridized carbons (Fsp3) is 0.300. The first-order valence-electron chi connectivity index (χ1n) is 4.71. The van der Waals surface area contributed by atoms with Crippen LogP contribution in [-0.4, -0.2) is 35.6 Å². The third-order valence-electron chi connectivity index (χ3n) is 2.21. The quantitative estimate of drug-likeness (QED) is 0.681. The van der Waals surface area contributed by atoms with Gasteiger partial charge in [-0.2, -0.15) is 0 Å². The molecule has 0 spiro atoms. The van der Waals surface area contributed by atoms with Crippen molar-refractivity contribution in [2.75, 3.05) is 18.7 Å². The molecule has 86 valence electrons. The van der Waals surface area contributed by atoms with Crippen molar-refractivity contribution in [2.24, 2.45) is 0 Å². The molecular weight excluding hydrogens is 214 g/mol. The lowest BCUT2D eigenvalue weighted by Gasteiger charge is -2.14. The molecule has 0 saturated carbocycles. The molecule has 0 aliphatic carbocycles. The molecule has 0 fully saturated rings. The number of carboxylic acids is 1. The minimum absolute atomic E-state index is 0.116. The second kappa shape index (κ2) is 4.28. The summed E-state index contributed by atoms with van der Waals surface area (Å²) in [6, 6.07) is 4.05. The van der Waals surface area contributed by atoms with Crippen LogP contribution in [0.15, 0.2) is 18.2 Å². The first kappa shape index (κ1) is 10.6. The summed E-state index contributed by atoms with van der Waals surface area (Å²) in [5.41, 5.74) is 0.497. The van der Waals surface area contributed by atoms with E-state index in [1.165, 1.54) is 0 Å². The van der Waals surface area contributed by atoms with Crippen molar-refractivity contribution in [3.8, 4) is 11.5 Å². The van der Waals surface area contributed by atoms with Crippen molar-refractivity contribution < 1.29 is 24.5 Å². The third kappa shape index (κ3) is 1.87. The van der Waals surface area contributed by atoms with Crippen LogP contribution in [0.3, 0.4) is 0 Å². The number of nitrogens with one attached hydrogen (secondary N) is 1. The van der Waals surface area contributed by atoms with E-state index in [-0.39, 0.29) is 6.79 Å². The second-order valence-corrected chi connectivity index (χ2v) is 3.26. The van der Waals surface area contributed by atoms with Crippen LogP contribution < -0.4 is 14.8 Å². The highest BCUT2D eigenvalue weighted by Gasteiger charge is 2.22. The Labute approximate surface area is 91.4 Å². The summed E-state index contributed by atoms with van der Waals surface area (Å²) in [4.78, 5) is 10.7. The number of ether oxygens (including phenoxy) is 2. The smallest absolute Gasteiger partial charge is 0.328 e. The largest absolute Gasteiger partial charge is 0.480 e. The molecule has 0 saturated heterocycles. The molecule has 0 unspecified atom stereocenters. The van der Waals surface area contributed by atoms with Gasteiger partial charge in [0.2, 0.25) is 6.79 Å². The topological polar surface area (TPSA) is 88.0 Å². The van der Waals surface area contributed by atoms with Crippen LogP contribution in [0.1, 0.15) is 0 Å². The van der Waals surface area contributed by atoms with Crippen LogP contribution in [0.5, 0.6) is 11.5 Å². The molecule has 0 radical (unpaired) electrons. The number of rotatable bonds is 4. The number of aliphatic hydroxyl groups excluding tert-OH is 1. The molecule has 0 bridgehead atoms. The summed E-state index contributed by atoms with van der Waals surface area (Å²) < 4.78 is 10.3. The highest BCUT2D eigenvalue weighted by molar-refractivity contribution is 5.79. The highest BCUT2D eigenvalue weighted by Crippen LogP contribution is 2.38. The van der Waals surface area contributed by atoms with E-state index in [1.54, 1.807) is 18.2 Å². The van der Waals surface area contributed by atoms with Crippen molar-refractivity contribution in [1.29, 1.82) is 0 Å². The molecule has 1 aromatic carbocycles. The van der Waals surface area contributed by atoms with E-state index in [0.29, 0.717) is 17.2 Å². The minimum atomic E-state index is -1.13. The van der Waals surface area contributed by atoms with Crippen LogP contribution >= 0.6 is 0 Å². The zero-order chi connectivity index (χ0) is 11.5. The molecule has 6 heteroatoms. The Bertz CT molecular complexity index is 406. The fourth-order valence-electron chi connectivity index (χ4n) is 1.42. The van der Waals surface area contributed by atoms with Crippen molar-refractivity contribution >= 4 is 11.7 Å². The number of fused-ring (bicyclic) bond motifs is 1. The molecule has 1 aromatic rings. The fourth-order valence-corrected chi connectivity index (χ4v) is 1.42. The standard InChI is InChI=1S/C10H11NO5/c12-4-7(10(13)14)11-6-2-1-3-8-9(6)16-5-15-8/h1-3,7,11-12H,4-5H2,(H,13,14)/t7-/m0/s1. The average molecular weight is 225 g/mol. The number of hydrogen-bond donors (Lipinski definition) is 3. The predicted molar refractivity (Wildman–Crippen MR) is 54.7 cm³/mol. The highest BCUT2D eigenvalue weighted by atomic mass is 16.7. The normalized spacial score (nSPS) is 14.6. The predicted octanol–water partition coefficient (Wildman–Crippen LogP) is 0.273. The molecular formula is C10H11NO5. The van der Waals surface area contributed by atoms with Crippen molar-refractivity contribution in [3.05, 3.63) is 18.2 Å². The SMILES string of the molecule is O=C(O)[C@H](CO)Nc1cccc2c1OCO2. The Kier molecular flexibility index (Phi) is 2.82. The Balaban J connectivity index is 2.21. The van der Waals surface area contributed by atoms with E-state index in [1.807, 2.05) is 0 Å². The van der Waals surface area contributed by atoms with E-state index in [9.17, 15) is 4.79 Å². The average Bonchev–Trinajstić information content (AvgIpc) is 2.73. The summed E-state index contributed by atoms with van der Waals surface area (Å²) in [6.07, 6.45) is 0. The summed E-state index contributed by atoms with van der Waals surface area (Å²) >= 11 is 0. The maximum Gasteiger partial charge on any atom is 0.328 e. The number of carboxylic acid groups (broad SMARTS) is 1. The van der Waals surface area contributed by atoms with Gasteiger partial charge in [0.15, 0.2) is 11.5 Å². The summed E-state index contributed by atoms with van der Waals surface area (Å²) in [5.74, 6) is -0.0895.